The molecule has 0 aliphatic carbocycles. The zero-order valence-electron chi connectivity index (χ0n) is 12.3. The van der Waals surface area contributed by atoms with Crippen LogP contribution in [0, 0.1) is 6.92 Å². The first-order valence-electron chi connectivity index (χ1n) is 6.96. The van der Waals surface area contributed by atoms with Gasteiger partial charge in [-0.15, -0.1) is 6.58 Å². The van der Waals surface area contributed by atoms with Gasteiger partial charge >= 0.3 is 0 Å². The third kappa shape index (κ3) is 2.42. The van der Waals surface area contributed by atoms with E-state index in [1.807, 2.05) is 25.1 Å². The van der Waals surface area contributed by atoms with Gasteiger partial charge in [0.25, 0.3) is 10.0 Å². The van der Waals surface area contributed by atoms with Gasteiger partial charge in [-0.25, -0.2) is 12.7 Å². The highest BCUT2D eigenvalue weighted by molar-refractivity contribution is 7.92. The highest BCUT2D eigenvalue weighted by Gasteiger charge is 2.32. The van der Waals surface area contributed by atoms with E-state index in [0.717, 1.165) is 11.1 Å². The summed E-state index contributed by atoms with van der Waals surface area (Å²) in [5.41, 5.74) is 2.46. The summed E-state index contributed by atoms with van der Waals surface area (Å²) < 4.78 is 32.7. The van der Waals surface area contributed by atoms with Crippen molar-refractivity contribution < 1.29 is 13.2 Å². The molecule has 0 fully saturated rings. The molecular formula is C17H17NO3S. The minimum Gasteiger partial charge on any atom is -0.348 e. The number of rotatable bonds is 3. The van der Waals surface area contributed by atoms with Crippen LogP contribution in [0.15, 0.2) is 66.1 Å². The molecular weight excluding hydrogens is 298 g/mol. The van der Waals surface area contributed by atoms with Crippen molar-refractivity contribution in [2.75, 3.05) is 11.0 Å². The second-order valence-electron chi connectivity index (χ2n) is 5.18. The Hall–Kier alpha value is -2.11. The maximum absolute atomic E-state index is 12.9. The normalized spacial score (nSPS) is 17.9. The number of anilines is 1. The molecule has 5 heteroatoms. The smallest absolute Gasteiger partial charge is 0.266 e. The lowest BCUT2D eigenvalue weighted by atomic mass is 10.1. The molecule has 114 valence electrons. The van der Waals surface area contributed by atoms with Crippen LogP contribution in [0.4, 0.5) is 5.69 Å². The van der Waals surface area contributed by atoms with Crippen LogP contribution in [0.2, 0.25) is 0 Å². The van der Waals surface area contributed by atoms with E-state index in [2.05, 4.69) is 6.58 Å². The fraction of sp³-hybridized carbons (Fsp3) is 0.176. The molecule has 3 rings (SSSR count). The molecule has 1 atom stereocenters. The Morgan fingerprint density at radius 3 is 2.55 bits per heavy atom. The highest BCUT2D eigenvalue weighted by atomic mass is 32.2. The van der Waals surface area contributed by atoms with Gasteiger partial charge in [-0.05, 0) is 25.1 Å². The van der Waals surface area contributed by atoms with Gasteiger partial charge in [-0.3, -0.25) is 0 Å². The molecule has 22 heavy (non-hydrogen) atoms. The molecule has 1 aliphatic heterocycles. The summed E-state index contributed by atoms with van der Waals surface area (Å²) in [7, 11) is -3.65. The number of benzene rings is 2. The van der Waals surface area contributed by atoms with Gasteiger partial charge in [0.2, 0.25) is 0 Å². The Balaban J connectivity index is 2.08. The number of sulfonamides is 1. The van der Waals surface area contributed by atoms with Gasteiger partial charge < -0.3 is 4.74 Å². The molecule has 2 aromatic carbocycles. The number of ether oxygens (including phenoxy) is 1. The van der Waals surface area contributed by atoms with E-state index < -0.39 is 10.0 Å². The Morgan fingerprint density at radius 1 is 1.18 bits per heavy atom. The fourth-order valence-corrected chi connectivity index (χ4v) is 3.85. The van der Waals surface area contributed by atoms with E-state index in [9.17, 15) is 8.42 Å². The maximum Gasteiger partial charge on any atom is 0.266 e. The monoisotopic (exact) mass is 315 g/mol. The lowest BCUT2D eigenvalue weighted by Gasteiger charge is -2.33. The molecule has 0 saturated carbocycles. The summed E-state index contributed by atoms with van der Waals surface area (Å²) in [6.45, 7) is 5.64. The van der Waals surface area contributed by atoms with E-state index in [1.165, 1.54) is 4.31 Å². The average molecular weight is 315 g/mol. The number of nitrogens with zero attached hydrogens (tertiary/aromatic N) is 1. The van der Waals surface area contributed by atoms with Crippen molar-refractivity contribution in [2.24, 2.45) is 0 Å². The molecule has 0 bridgehead atoms. The van der Waals surface area contributed by atoms with Crippen molar-refractivity contribution in [1.82, 2.24) is 0 Å². The van der Waals surface area contributed by atoms with Crippen LogP contribution in [0.1, 0.15) is 17.2 Å². The van der Waals surface area contributed by atoms with Crippen LogP contribution < -0.4 is 4.31 Å². The largest absolute Gasteiger partial charge is 0.348 e. The van der Waals surface area contributed by atoms with Gasteiger partial charge in [-0.1, -0.05) is 42.0 Å². The predicted octanol–water partition coefficient (Wildman–Crippen LogP) is 3.41. The summed E-state index contributed by atoms with van der Waals surface area (Å²) in [6, 6.07) is 14.1. The molecule has 1 aliphatic rings. The van der Waals surface area contributed by atoms with E-state index in [1.54, 1.807) is 36.4 Å². The van der Waals surface area contributed by atoms with Crippen LogP contribution >= 0.6 is 0 Å². The van der Waals surface area contributed by atoms with Gasteiger partial charge in [0.05, 0.1) is 10.6 Å². The molecule has 0 amide bonds. The van der Waals surface area contributed by atoms with Crippen LogP contribution in [-0.4, -0.2) is 15.1 Å². The number of fused-ring (bicyclic) bond motifs is 1. The molecule has 4 nitrogen and oxygen atoms in total. The summed E-state index contributed by atoms with van der Waals surface area (Å²) in [6.07, 6.45) is 1.38. The molecule has 0 spiro atoms. The maximum atomic E-state index is 12.9. The van der Waals surface area contributed by atoms with Crippen molar-refractivity contribution in [3.8, 4) is 0 Å². The molecule has 1 heterocycles. The van der Waals surface area contributed by atoms with E-state index in [-0.39, 0.29) is 17.7 Å². The van der Waals surface area contributed by atoms with E-state index >= 15 is 0 Å². The minimum absolute atomic E-state index is 0.0239. The average Bonchev–Trinajstić information content (AvgIpc) is 2.54. The molecule has 0 N–H and O–H groups in total. The first-order valence-corrected chi connectivity index (χ1v) is 8.40. The van der Waals surface area contributed by atoms with E-state index in [4.69, 9.17) is 4.74 Å². The zero-order valence-corrected chi connectivity index (χ0v) is 13.1. The van der Waals surface area contributed by atoms with Crippen LogP contribution in [0.25, 0.3) is 0 Å². The summed E-state index contributed by atoms with van der Waals surface area (Å²) >= 11 is 0. The van der Waals surface area contributed by atoms with Gasteiger partial charge in [0.1, 0.15) is 12.8 Å². The molecule has 0 saturated heterocycles. The minimum atomic E-state index is -3.65. The third-order valence-corrected chi connectivity index (χ3v) is 5.46. The van der Waals surface area contributed by atoms with Crippen molar-refractivity contribution in [2.45, 2.75) is 17.9 Å². The number of para-hydroxylation sites is 1. The van der Waals surface area contributed by atoms with Crippen LogP contribution in [0.5, 0.6) is 0 Å². The summed E-state index contributed by atoms with van der Waals surface area (Å²) in [5.74, 6) is 0. The number of aryl methyl sites for hydroxylation is 1. The molecule has 2 aromatic rings. The molecule has 1 unspecified atom stereocenters. The fourth-order valence-electron chi connectivity index (χ4n) is 2.49. The van der Waals surface area contributed by atoms with Crippen molar-refractivity contribution >= 4 is 15.7 Å². The summed E-state index contributed by atoms with van der Waals surface area (Å²) in [4.78, 5) is 0.258. The summed E-state index contributed by atoms with van der Waals surface area (Å²) in [5, 5.41) is 0. The first-order chi connectivity index (χ1) is 10.5. The highest BCUT2D eigenvalue weighted by Crippen LogP contribution is 2.37. The molecule has 0 aromatic heterocycles. The standard InChI is InChI=1S/C17H17NO3S/c1-3-17-15-6-4-5-7-16(15)18(12-21-17)22(19,20)14-10-8-13(2)9-11-14/h3-11,17H,1,12H2,2H3. The van der Waals surface area contributed by atoms with Crippen LogP contribution in [0.3, 0.4) is 0 Å². The van der Waals surface area contributed by atoms with Crippen LogP contribution in [-0.2, 0) is 14.8 Å². The first kappa shape index (κ1) is 14.8. The quantitative estimate of drug-likeness (QED) is 0.816. The SMILES string of the molecule is C=CC1OCN(S(=O)(=O)c2ccc(C)cc2)c2ccccc21. The Morgan fingerprint density at radius 2 is 1.86 bits per heavy atom. The van der Waals surface area contributed by atoms with Gasteiger partial charge in [-0.2, -0.15) is 0 Å². The topological polar surface area (TPSA) is 46.6 Å². The van der Waals surface area contributed by atoms with Crippen molar-refractivity contribution in [1.29, 1.82) is 0 Å². The second-order valence-corrected chi connectivity index (χ2v) is 7.04. The van der Waals surface area contributed by atoms with Gasteiger partial charge in [0.15, 0.2) is 0 Å². The third-order valence-electron chi connectivity index (χ3n) is 3.71. The van der Waals surface area contributed by atoms with E-state index in [0.29, 0.717) is 5.69 Å². The Labute approximate surface area is 130 Å². The van der Waals surface area contributed by atoms with Gasteiger partial charge in [0, 0.05) is 5.56 Å². The lowest BCUT2D eigenvalue weighted by Crippen LogP contribution is -2.37. The Kier molecular flexibility index (Phi) is 3.76. The zero-order chi connectivity index (χ0) is 15.7. The number of hydrogen-bond donors (Lipinski definition) is 0. The number of hydrogen-bond acceptors (Lipinski definition) is 3. The lowest BCUT2D eigenvalue weighted by molar-refractivity contribution is 0.0843. The second kappa shape index (κ2) is 5.59. The molecule has 0 radical (unpaired) electrons. The van der Waals surface area contributed by atoms with Crippen molar-refractivity contribution in [3.05, 3.63) is 72.3 Å². The van der Waals surface area contributed by atoms with Crippen molar-refractivity contribution in [3.63, 3.8) is 0 Å². The predicted molar refractivity (Wildman–Crippen MR) is 86.2 cm³/mol. The Bertz CT molecular complexity index is 797.